The number of benzene rings is 2. The number of para-hydroxylation sites is 1. The Balaban J connectivity index is 1.75. The van der Waals surface area contributed by atoms with Gasteiger partial charge in [-0.3, -0.25) is 14.6 Å². The van der Waals surface area contributed by atoms with Crippen LogP contribution in [0.3, 0.4) is 0 Å². The van der Waals surface area contributed by atoms with Gasteiger partial charge in [-0.15, -0.1) is 0 Å². The van der Waals surface area contributed by atoms with E-state index in [9.17, 15) is 14.4 Å². The maximum absolute atomic E-state index is 12.6. The summed E-state index contributed by atoms with van der Waals surface area (Å²) in [7, 11) is 0. The molecule has 0 aliphatic carbocycles. The summed E-state index contributed by atoms with van der Waals surface area (Å²) in [6, 6.07) is 13.1. The summed E-state index contributed by atoms with van der Waals surface area (Å²) in [5.41, 5.74) is 1.87. The molecule has 0 spiro atoms. The van der Waals surface area contributed by atoms with Crippen LogP contribution in [0, 0.1) is 0 Å². The summed E-state index contributed by atoms with van der Waals surface area (Å²) in [5.74, 6) is -0.975. The first-order valence-corrected chi connectivity index (χ1v) is 7.16. The third-order valence-corrected chi connectivity index (χ3v) is 3.67. The van der Waals surface area contributed by atoms with Crippen LogP contribution >= 0.6 is 0 Å². The van der Waals surface area contributed by atoms with Crippen LogP contribution in [-0.4, -0.2) is 15.9 Å². The number of amides is 1. The average molecular weight is 321 g/mol. The minimum atomic E-state index is -0.561. The number of hydrogen-bond donors (Lipinski definition) is 3. The van der Waals surface area contributed by atoms with E-state index in [1.165, 1.54) is 6.07 Å². The zero-order valence-corrected chi connectivity index (χ0v) is 12.3. The minimum absolute atomic E-state index is 0.273. The van der Waals surface area contributed by atoms with Gasteiger partial charge < -0.3 is 14.7 Å². The molecule has 2 heterocycles. The Hall–Kier alpha value is -3.61. The molecule has 0 atom stereocenters. The van der Waals surface area contributed by atoms with Gasteiger partial charge in [0.25, 0.3) is 5.91 Å². The van der Waals surface area contributed by atoms with Crippen molar-refractivity contribution in [3.05, 3.63) is 75.0 Å². The lowest BCUT2D eigenvalue weighted by atomic mass is 10.1. The fraction of sp³-hybridized carbons (Fsp3) is 0. The van der Waals surface area contributed by atoms with Crippen LogP contribution in [0.2, 0.25) is 0 Å². The number of nitrogens with one attached hydrogen (secondary N) is 3. The molecule has 4 rings (SSSR count). The summed E-state index contributed by atoms with van der Waals surface area (Å²) in [6.45, 7) is 0. The van der Waals surface area contributed by atoms with Crippen molar-refractivity contribution in [2.45, 2.75) is 0 Å². The highest BCUT2D eigenvalue weighted by molar-refractivity contribution is 6.12. The zero-order chi connectivity index (χ0) is 16.7. The molecule has 118 valence electrons. The first-order valence-electron chi connectivity index (χ1n) is 7.16. The predicted molar refractivity (Wildman–Crippen MR) is 89.4 cm³/mol. The van der Waals surface area contributed by atoms with E-state index in [0.29, 0.717) is 27.7 Å². The SMILES string of the molecule is O=C(Nc1ccc2oc(=O)[nH]c2c1)c1cc(=O)[nH]c2ccccc12. The first kappa shape index (κ1) is 14.0. The number of aromatic amines is 2. The molecular weight excluding hydrogens is 310 g/mol. The van der Waals surface area contributed by atoms with Gasteiger partial charge in [-0.25, -0.2) is 4.79 Å². The normalized spacial score (nSPS) is 11.0. The molecule has 0 saturated heterocycles. The highest BCUT2D eigenvalue weighted by atomic mass is 16.4. The van der Waals surface area contributed by atoms with Gasteiger partial charge >= 0.3 is 5.76 Å². The molecule has 7 nitrogen and oxygen atoms in total. The van der Waals surface area contributed by atoms with Crippen molar-refractivity contribution in [3.8, 4) is 0 Å². The van der Waals surface area contributed by atoms with E-state index in [1.807, 2.05) is 0 Å². The van der Waals surface area contributed by atoms with Crippen molar-refractivity contribution >= 4 is 33.6 Å². The monoisotopic (exact) mass is 321 g/mol. The van der Waals surface area contributed by atoms with Crippen molar-refractivity contribution in [1.82, 2.24) is 9.97 Å². The number of rotatable bonds is 2. The van der Waals surface area contributed by atoms with E-state index >= 15 is 0 Å². The average Bonchev–Trinajstić information content (AvgIpc) is 2.93. The Kier molecular flexibility index (Phi) is 3.06. The number of carbonyl (C=O) groups is 1. The Labute approximate surface area is 133 Å². The van der Waals surface area contributed by atoms with E-state index < -0.39 is 11.7 Å². The van der Waals surface area contributed by atoms with Gasteiger partial charge in [0.15, 0.2) is 5.58 Å². The van der Waals surface area contributed by atoms with Gasteiger partial charge in [0.05, 0.1) is 11.1 Å². The zero-order valence-electron chi connectivity index (χ0n) is 12.3. The lowest BCUT2D eigenvalue weighted by Gasteiger charge is -2.07. The standard InChI is InChI=1S/C17H11N3O4/c21-15-8-11(10-3-1-2-4-12(10)19-15)16(22)18-9-5-6-14-13(7-9)20-17(23)24-14/h1-8H,(H,18,22)(H,19,21)(H,20,23). The molecule has 2 aromatic carbocycles. The van der Waals surface area contributed by atoms with Crippen LogP contribution in [0.5, 0.6) is 0 Å². The van der Waals surface area contributed by atoms with Crippen molar-refractivity contribution in [1.29, 1.82) is 0 Å². The van der Waals surface area contributed by atoms with Crippen LogP contribution in [0.4, 0.5) is 5.69 Å². The van der Waals surface area contributed by atoms with Crippen LogP contribution in [-0.2, 0) is 0 Å². The second-order valence-electron chi connectivity index (χ2n) is 5.27. The maximum Gasteiger partial charge on any atom is 0.417 e. The van der Waals surface area contributed by atoms with E-state index in [-0.39, 0.29) is 11.1 Å². The highest BCUT2D eigenvalue weighted by Crippen LogP contribution is 2.19. The van der Waals surface area contributed by atoms with Gasteiger partial charge in [-0.1, -0.05) is 18.2 Å². The lowest BCUT2D eigenvalue weighted by molar-refractivity contribution is 0.102. The Morgan fingerprint density at radius 3 is 2.67 bits per heavy atom. The number of hydrogen-bond acceptors (Lipinski definition) is 4. The second kappa shape index (κ2) is 5.24. The van der Waals surface area contributed by atoms with Gasteiger partial charge in [-0.05, 0) is 24.3 Å². The van der Waals surface area contributed by atoms with E-state index in [2.05, 4.69) is 15.3 Å². The quantitative estimate of drug-likeness (QED) is 0.526. The third kappa shape index (κ3) is 2.38. The van der Waals surface area contributed by atoms with Crippen LogP contribution in [0.1, 0.15) is 10.4 Å². The molecule has 0 bridgehead atoms. The number of fused-ring (bicyclic) bond motifs is 2. The van der Waals surface area contributed by atoms with Gasteiger partial charge in [0, 0.05) is 22.7 Å². The number of oxazole rings is 1. The third-order valence-electron chi connectivity index (χ3n) is 3.67. The lowest BCUT2D eigenvalue weighted by Crippen LogP contribution is -2.16. The van der Waals surface area contributed by atoms with E-state index in [0.717, 1.165) is 0 Å². The van der Waals surface area contributed by atoms with Gasteiger partial charge in [-0.2, -0.15) is 0 Å². The Bertz CT molecular complexity index is 1200. The van der Waals surface area contributed by atoms with E-state index in [4.69, 9.17) is 4.42 Å². The van der Waals surface area contributed by atoms with Gasteiger partial charge in [0.2, 0.25) is 5.56 Å². The Morgan fingerprint density at radius 1 is 0.958 bits per heavy atom. The van der Waals surface area contributed by atoms with Crippen molar-refractivity contribution in [2.24, 2.45) is 0 Å². The largest absolute Gasteiger partial charge is 0.417 e. The van der Waals surface area contributed by atoms with Crippen LogP contribution in [0.25, 0.3) is 22.0 Å². The van der Waals surface area contributed by atoms with Crippen LogP contribution in [0.15, 0.2) is 62.5 Å². The molecule has 7 heteroatoms. The predicted octanol–water partition coefficient (Wildman–Crippen LogP) is 2.21. The van der Waals surface area contributed by atoms with Crippen molar-refractivity contribution in [3.63, 3.8) is 0 Å². The molecular formula is C17H11N3O4. The highest BCUT2D eigenvalue weighted by Gasteiger charge is 2.12. The molecule has 4 aromatic rings. The van der Waals surface area contributed by atoms with Crippen LogP contribution < -0.4 is 16.6 Å². The maximum atomic E-state index is 12.6. The number of anilines is 1. The topological polar surface area (TPSA) is 108 Å². The summed E-state index contributed by atoms with van der Waals surface area (Å²) in [4.78, 5) is 40.7. The van der Waals surface area contributed by atoms with Gasteiger partial charge in [0.1, 0.15) is 0 Å². The molecule has 3 N–H and O–H groups in total. The molecule has 0 unspecified atom stereocenters. The summed E-state index contributed by atoms with van der Waals surface area (Å²) >= 11 is 0. The molecule has 2 aromatic heterocycles. The molecule has 0 saturated carbocycles. The fourth-order valence-electron chi connectivity index (χ4n) is 2.62. The first-order chi connectivity index (χ1) is 11.6. The number of pyridine rings is 1. The van der Waals surface area contributed by atoms with E-state index in [1.54, 1.807) is 42.5 Å². The molecule has 24 heavy (non-hydrogen) atoms. The summed E-state index contributed by atoms with van der Waals surface area (Å²) in [5, 5.41) is 3.37. The van der Waals surface area contributed by atoms with Crippen molar-refractivity contribution in [2.75, 3.05) is 5.32 Å². The fourth-order valence-corrected chi connectivity index (χ4v) is 2.62. The smallest absolute Gasteiger partial charge is 0.408 e. The number of aromatic nitrogens is 2. The molecule has 0 fully saturated rings. The number of H-pyrrole nitrogens is 2. The summed E-state index contributed by atoms with van der Waals surface area (Å²) in [6.07, 6.45) is 0. The van der Waals surface area contributed by atoms with Crippen molar-refractivity contribution < 1.29 is 9.21 Å². The molecule has 0 aliphatic rings. The minimum Gasteiger partial charge on any atom is -0.408 e. The number of carbonyl (C=O) groups excluding carboxylic acids is 1. The Morgan fingerprint density at radius 2 is 1.79 bits per heavy atom. The molecule has 1 amide bonds. The summed E-state index contributed by atoms with van der Waals surface area (Å²) < 4.78 is 4.92. The molecule has 0 radical (unpaired) electrons. The molecule has 0 aliphatic heterocycles. The second-order valence-corrected chi connectivity index (χ2v) is 5.27.